The topological polar surface area (TPSA) is 70.1 Å². The van der Waals surface area contributed by atoms with Crippen molar-refractivity contribution in [3.8, 4) is 0 Å². The second-order valence-electron chi connectivity index (χ2n) is 4.56. The molecule has 1 amide bonds. The van der Waals surface area contributed by atoms with Gasteiger partial charge in [0.1, 0.15) is 0 Å². The van der Waals surface area contributed by atoms with Gasteiger partial charge in [-0.2, -0.15) is 5.10 Å². The van der Waals surface area contributed by atoms with E-state index >= 15 is 0 Å². The number of carbonyl (C=O) groups excluding carboxylic acids is 1. The monoisotopic (exact) mass is 330 g/mol. The van der Waals surface area contributed by atoms with Crippen LogP contribution in [-0.2, 0) is 4.79 Å². The van der Waals surface area contributed by atoms with Gasteiger partial charge in [0, 0.05) is 4.88 Å². The molecule has 7 heteroatoms. The average molecular weight is 330 g/mol. The van der Waals surface area contributed by atoms with Gasteiger partial charge in [-0.25, -0.2) is 10.4 Å². The SMILES string of the molecule is CC(=NNC(=O)CSc1nc2ccccc2[nH]1)c1cccs1. The number of nitrogens with zero attached hydrogens (tertiary/aromatic N) is 2. The van der Waals surface area contributed by atoms with Gasteiger partial charge in [0.05, 0.1) is 22.5 Å². The van der Waals surface area contributed by atoms with Gasteiger partial charge in [-0.15, -0.1) is 11.3 Å². The van der Waals surface area contributed by atoms with Crippen molar-refractivity contribution in [2.75, 3.05) is 5.75 Å². The fourth-order valence-electron chi connectivity index (χ4n) is 1.85. The summed E-state index contributed by atoms with van der Waals surface area (Å²) in [6, 6.07) is 11.7. The zero-order chi connectivity index (χ0) is 15.4. The molecule has 0 fully saturated rings. The van der Waals surface area contributed by atoms with E-state index in [-0.39, 0.29) is 11.7 Å². The van der Waals surface area contributed by atoms with Crippen LogP contribution in [0.1, 0.15) is 11.8 Å². The number of carbonyl (C=O) groups is 1. The van der Waals surface area contributed by atoms with Crippen molar-refractivity contribution in [2.45, 2.75) is 12.1 Å². The van der Waals surface area contributed by atoms with E-state index in [1.165, 1.54) is 11.8 Å². The van der Waals surface area contributed by atoms with Gasteiger partial charge < -0.3 is 4.98 Å². The minimum atomic E-state index is -0.152. The number of amides is 1. The molecule has 0 aliphatic carbocycles. The summed E-state index contributed by atoms with van der Waals surface area (Å²) >= 11 is 2.95. The van der Waals surface area contributed by atoms with E-state index in [4.69, 9.17) is 0 Å². The summed E-state index contributed by atoms with van der Waals surface area (Å²) in [5, 5.41) is 6.82. The zero-order valence-electron chi connectivity index (χ0n) is 11.9. The molecule has 3 rings (SSSR count). The van der Waals surface area contributed by atoms with Crippen molar-refractivity contribution in [2.24, 2.45) is 5.10 Å². The number of para-hydroxylation sites is 2. The van der Waals surface area contributed by atoms with Crippen LogP contribution in [0.5, 0.6) is 0 Å². The summed E-state index contributed by atoms with van der Waals surface area (Å²) < 4.78 is 0. The van der Waals surface area contributed by atoms with Gasteiger partial charge >= 0.3 is 0 Å². The molecular weight excluding hydrogens is 316 g/mol. The van der Waals surface area contributed by atoms with Crippen LogP contribution < -0.4 is 5.43 Å². The van der Waals surface area contributed by atoms with Crippen LogP contribution in [0.3, 0.4) is 0 Å². The number of hydrogen-bond acceptors (Lipinski definition) is 5. The molecule has 112 valence electrons. The number of hydrogen-bond donors (Lipinski definition) is 2. The van der Waals surface area contributed by atoms with Crippen molar-refractivity contribution in [3.63, 3.8) is 0 Å². The van der Waals surface area contributed by atoms with E-state index in [2.05, 4.69) is 20.5 Å². The third-order valence-corrected chi connectivity index (χ3v) is 4.79. The molecule has 2 N–H and O–H groups in total. The minimum Gasteiger partial charge on any atom is -0.333 e. The molecular formula is C15H14N4OS2. The van der Waals surface area contributed by atoms with Crippen molar-refractivity contribution in [3.05, 3.63) is 46.7 Å². The fourth-order valence-corrected chi connectivity index (χ4v) is 3.20. The molecule has 2 aromatic heterocycles. The number of benzene rings is 1. The largest absolute Gasteiger partial charge is 0.333 e. The Hall–Kier alpha value is -2.12. The number of H-pyrrole nitrogens is 1. The van der Waals surface area contributed by atoms with Crippen LogP contribution in [0.2, 0.25) is 0 Å². The Morgan fingerprint density at radius 1 is 1.36 bits per heavy atom. The Labute approximate surface area is 135 Å². The van der Waals surface area contributed by atoms with E-state index in [0.717, 1.165) is 26.8 Å². The maximum absolute atomic E-state index is 11.8. The van der Waals surface area contributed by atoms with Crippen molar-refractivity contribution in [1.29, 1.82) is 0 Å². The lowest BCUT2D eigenvalue weighted by atomic mass is 10.3. The van der Waals surface area contributed by atoms with Crippen molar-refractivity contribution in [1.82, 2.24) is 15.4 Å². The summed E-state index contributed by atoms with van der Waals surface area (Å²) in [5.41, 5.74) is 5.24. The number of rotatable bonds is 5. The van der Waals surface area contributed by atoms with E-state index in [9.17, 15) is 4.79 Å². The van der Waals surface area contributed by atoms with Gasteiger partial charge in [-0.05, 0) is 30.5 Å². The Morgan fingerprint density at radius 3 is 3.00 bits per heavy atom. The standard InChI is InChI=1S/C15H14N4OS2/c1-10(13-7-4-8-21-13)18-19-14(20)9-22-15-16-11-5-2-3-6-12(11)17-15/h2-8H,9H2,1H3,(H,16,17)(H,19,20). The minimum absolute atomic E-state index is 0.152. The zero-order valence-corrected chi connectivity index (χ0v) is 13.5. The first-order valence-corrected chi connectivity index (χ1v) is 8.53. The number of hydrazone groups is 1. The molecule has 0 atom stereocenters. The molecule has 0 spiro atoms. The Bertz CT molecular complexity index is 775. The number of aromatic amines is 1. The van der Waals surface area contributed by atoms with Crippen molar-refractivity contribution < 1.29 is 4.79 Å². The predicted molar refractivity (Wildman–Crippen MR) is 91.5 cm³/mol. The van der Waals surface area contributed by atoms with E-state index < -0.39 is 0 Å². The first kappa shape index (κ1) is 14.8. The molecule has 0 aliphatic rings. The number of aromatic nitrogens is 2. The second-order valence-corrected chi connectivity index (χ2v) is 6.47. The number of imidazole rings is 1. The summed E-state index contributed by atoms with van der Waals surface area (Å²) in [6.45, 7) is 1.87. The molecule has 0 radical (unpaired) electrons. The highest BCUT2D eigenvalue weighted by Gasteiger charge is 2.06. The van der Waals surface area contributed by atoms with Crippen LogP contribution in [0.4, 0.5) is 0 Å². The molecule has 2 heterocycles. The molecule has 0 saturated heterocycles. The molecule has 0 unspecified atom stereocenters. The normalized spacial score (nSPS) is 11.8. The van der Waals surface area contributed by atoms with Gasteiger partial charge in [0.2, 0.25) is 0 Å². The number of fused-ring (bicyclic) bond motifs is 1. The van der Waals surface area contributed by atoms with E-state index in [0.29, 0.717) is 0 Å². The predicted octanol–water partition coefficient (Wildman–Crippen LogP) is 3.26. The van der Waals surface area contributed by atoms with Crippen LogP contribution in [0.25, 0.3) is 11.0 Å². The first-order chi connectivity index (χ1) is 10.7. The Kier molecular flexibility index (Phi) is 4.55. The van der Waals surface area contributed by atoms with Crippen LogP contribution in [0.15, 0.2) is 52.0 Å². The molecule has 0 aliphatic heterocycles. The van der Waals surface area contributed by atoms with Crippen molar-refractivity contribution >= 4 is 45.8 Å². The third kappa shape index (κ3) is 3.55. The van der Waals surface area contributed by atoms with E-state index in [1.807, 2.05) is 48.7 Å². The molecule has 5 nitrogen and oxygen atoms in total. The Morgan fingerprint density at radius 2 is 2.23 bits per heavy atom. The highest BCUT2D eigenvalue weighted by Crippen LogP contribution is 2.18. The molecule has 0 saturated carbocycles. The van der Waals surface area contributed by atoms with Crippen LogP contribution >= 0.6 is 23.1 Å². The summed E-state index contributed by atoms with van der Waals surface area (Å²) in [5.74, 6) is 0.113. The molecule has 22 heavy (non-hydrogen) atoms. The highest BCUT2D eigenvalue weighted by atomic mass is 32.2. The lowest BCUT2D eigenvalue weighted by molar-refractivity contribution is -0.118. The number of thioether (sulfide) groups is 1. The van der Waals surface area contributed by atoms with Gasteiger partial charge in [0.15, 0.2) is 5.16 Å². The lowest BCUT2D eigenvalue weighted by Gasteiger charge is -2.00. The highest BCUT2D eigenvalue weighted by molar-refractivity contribution is 7.99. The first-order valence-electron chi connectivity index (χ1n) is 6.67. The van der Waals surface area contributed by atoms with Crippen LogP contribution in [-0.4, -0.2) is 27.3 Å². The third-order valence-electron chi connectivity index (χ3n) is 2.93. The summed E-state index contributed by atoms with van der Waals surface area (Å²) in [7, 11) is 0. The molecule has 1 aromatic carbocycles. The quantitative estimate of drug-likeness (QED) is 0.428. The second kappa shape index (κ2) is 6.76. The maximum Gasteiger partial charge on any atom is 0.250 e. The Balaban J connectivity index is 1.55. The molecule has 3 aromatic rings. The van der Waals surface area contributed by atoms with Gasteiger partial charge in [-0.1, -0.05) is 30.0 Å². The van der Waals surface area contributed by atoms with Gasteiger partial charge in [-0.3, -0.25) is 4.79 Å². The fraction of sp³-hybridized carbons (Fsp3) is 0.133. The number of nitrogens with one attached hydrogen (secondary N) is 2. The van der Waals surface area contributed by atoms with Crippen LogP contribution in [0, 0.1) is 0 Å². The smallest absolute Gasteiger partial charge is 0.250 e. The maximum atomic E-state index is 11.8. The number of thiophene rings is 1. The summed E-state index contributed by atoms with van der Waals surface area (Å²) in [6.07, 6.45) is 0. The van der Waals surface area contributed by atoms with Gasteiger partial charge in [0.25, 0.3) is 5.91 Å². The lowest BCUT2D eigenvalue weighted by Crippen LogP contribution is -2.21. The van der Waals surface area contributed by atoms with E-state index in [1.54, 1.807) is 11.3 Å². The average Bonchev–Trinajstić information content (AvgIpc) is 3.19. The molecule has 0 bridgehead atoms. The summed E-state index contributed by atoms with van der Waals surface area (Å²) in [4.78, 5) is 20.5.